The van der Waals surface area contributed by atoms with Crippen LogP contribution >= 0.6 is 11.8 Å². The quantitative estimate of drug-likeness (QED) is 0.803. The lowest BCUT2D eigenvalue weighted by Gasteiger charge is -2.11. The van der Waals surface area contributed by atoms with Gasteiger partial charge < -0.3 is 9.26 Å². The molecule has 1 atom stereocenters. The van der Waals surface area contributed by atoms with Gasteiger partial charge >= 0.3 is 0 Å². The SMILES string of the molecule is COC[C@H]1CN(c2noc3c(F)c(F)c(C=O)cc23)C(=O)S1. The van der Waals surface area contributed by atoms with Crippen LogP contribution < -0.4 is 4.90 Å². The number of methoxy groups -OCH3 is 1. The number of anilines is 1. The second kappa shape index (κ2) is 5.65. The second-order valence-corrected chi connectivity index (χ2v) is 5.92. The third-order valence-electron chi connectivity index (χ3n) is 3.26. The normalized spacial score (nSPS) is 18.4. The summed E-state index contributed by atoms with van der Waals surface area (Å²) in [5, 5.41) is 3.34. The van der Waals surface area contributed by atoms with E-state index >= 15 is 0 Å². The summed E-state index contributed by atoms with van der Waals surface area (Å²) < 4.78 is 37.2. The minimum Gasteiger partial charge on any atom is -0.383 e. The van der Waals surface area contributed by atoms with Crippen LogP contribution in [0.25, 0.3) is 11.0 Å². The maximum absolute atomic E-state index is 13.8. The molecule has 1 aromatic heterocycles. The van der Waals surface area contributed by atoms with Gasteiger partial charge in [-0.2, -0.15) is 4.39 Å². The van der Waals surface area contributed by atoms with Crippen LogP contribution in [0.4, 0.5) is 19.4 Å². The Bertz CT molecular complexity index is 764. The molecule has 0 radical (unpaired) electrons. The number of ether oxygens (including phenoxy) is 1. The molecule has 9 heteroatoms. The van der Waals surface area contributed by atoms with Crippen LogP contribution in [0.3, 0.4) is 0 Å². The Morgan fingerprint density at radius 2 is 2.32 bits per heavy atom. The predicted octanol–water partition coefficient (Wildman–Crippen LogP) is 2.61. The highest BCUT2D eigenvalue weighted by atomic mass is 32.2. The molecular formula is C13H10F2N2O4S. The molecule has 0 aliphatic carbocycles. The van der Waals surface area contributed by atoms with Crippen molar-refractivity contribution in [1.82, 2.24) is 5.16 Å². The number of carbonyl (C=O) groups excluding carboxylic acids is 2. The topological polar surface area (TPSA) is 72.6 Å². The third kappa shape index (κ3) is 2.26. The van der Waals surface area contributed by atoms with Crippen LogP contribution in [0.5, 0.6) is 0 Å². The van der Waals surface area contributed by atoms with E-state index in [-0.39, 0.29) is 28.0 Å². The van der Waals surface area contributed by atoms with Gasteiger partial charge in [0.1, 0.15) is 0 Å². The summed E-state index contributed by atoms with van der Waals surface area (Å²) in [7, 11) is 1.52. The number of nitrogens with zero attached hydrogens (tertiary/aromatic N) is 2. The van der Waals surface area contributed by atoms with E-state index in [4.69, 9.17) is 9.26 Å². The lowest BCUT2D eigenvalue weighted by atomic mass is 10.1. The largest absolute Gasteiger partial charge is 0.383 e. The molecule has 1 saturated heterocycles. The Hall–Kier alpha value is -2.00. The van der Waals surface area contributed by atoms with Crippen LogP contribution in [0, 0.1) is 11.6 Å². The number of aromatic nitrogens is 1. The molecule has 1 aliphatic heterocycles. The minimum absolute atomic E-state index is 0.0631. The Balaban J connectivity index is 2.07. The molecule has 1 fully saturated rings. The third-order valence-corrected chi connectivity index (χ3v) is 4.30. The van der Waals surface area contributed by atoms with E-state index in [0.717, 1.165) is 17.8 Å². The van der Waals surface area contributed by atoms with Gasteiger partial charge in [0.25, 0.3) is 5.24 Å². The van der Waals surface area contributed by atoms with Gasteiger partial charge in [0.15, 0.2) is 17.9 Å². The molecule has 1 aliphatic rings. The van der Waals surface area contributed by atoms with Crippen LogP contribution in [-0.2, 0) is 4.74 Å². The van der Waals surface area contributed by atoms with Crippen molar-refractivity contribution in [2.75, 3.05) is 25.2 Å². The minimum atomic E-state index is -1.30. The number of amides is 1. The number of thioether (sulfide) groups is 1. The van der Waals surface area contributed by atoms with Crippen molar-refractivity contribution in [3.05, 3.63) is 23.3 Å². The average Bonchev–Trinajstić information content (AvgIpc) is 3.06. The fourth-order valence-corrected chi connectivity index (χ4v) is 3.27. The summed E-state index contributed by atoms with van der Waals surface area (Å²) in [6.45, 7) is 0.666. The molecule has 3 rings (SSSR count). The summed E-state index contributed by atoms with van der Waals surface area (Å²) in [5.74, 6) is -2.54. The van der Waals surface area contributed by atoms with Gasteiger partial charge in [-0.15, -0.1) is 0 Å². The molecule has 0 bridgehead atoms. The van der Waals surface area contributed by atoms with Gasteiger partial charge in [-0.1, -0.05) is 16.9 Å². The van der Waals surface area contributed by atoms with E-state index in [1.165, 1.54) is 12.0 Å². The number of benzene rings is 1. The zero-order valence-corrected chi connectivity index (χ0v) is 12.2. The number of halogens is 2. The molecular weight excluding hydrogens is 318 g/mol. The van der Waals surface area contributed by atoms with E-state index in [9.17, 15) is 18.4 Å². The maximum Gasteiger partial charge on any atom is 0.287 e. The molecule has 1 aromatic carbocycles. The smallest absolute Gasteiger partial charge is 0.287 e. The molecule has 0 spiro atoms. The lowest BCUT2D eigenvalue weighted by molar-refractivity contribution is 0.111. The van der Waals surface area contributed by atoms with Crippen molar-refractivity contribution in [2.24, 2.45) is 0 Å². The monoisotopic (exact) mass is 328 g/mol. The zero-order valence-electron chi connectivity index (χ0n) is 11.3. The summed E-state index contributed by atoms with van der Waals surface area (Å²) in [6, 6.07) is 1.12. The van der Waals surface area contributed by atoms with Crippen molar-refractivity contribution < 1.29 is 27.6 Å². The summed E-state index contributed by atoms with van der Waals surface area (Å²) in [6.07, 6.45) is 0.197. The van der Waals surface area contributed by atoms with Crippen molar-refractivity contribution >= 4 is 40.1 Å². The first-order valence-electron chi connectivity index (χ1n) is 6.26. The zero-order chi connectivity index (χ0) is 15.9. The second-order valence-electron chi connectivity index (χ2n) is 4.67. The van der Waals surface area contributed by atoms with Gasteiger partial charge in [0.05, 0.1) is 22.8 Å². The fraction of sp³-hybridized carbons (Fsp3) is 0.308. The van der Waals surface area contributed by atoms with Crippen LogP contribution in [-0.4, -0.2) is 42.2 Å². The first-order valence-corrected chi connectivity index (χ1v) is 7.14. The highest BCUT2D eigenvalue weighted by molar-refractivity contribution is 8.14. The van der Waals surface area contributed by atoms with E-state index in [0.29, 0.717) is 13.2 Å². The molecule has 0 saturated carbocycles. The Labute approximate surface area is 127 Å². The maximum atomic E-state index is 13.8. The lowest BCUT2D eigenvalue weighted by Crippen LogP contribution is -2.26. The van der Waals surface area contributed by atoms with Crippen LogP contribution in [0.15, 0.2) is 10.6 Å². The van der Waals surface area contributed by atoms with Gasteiger partial charge in [-0.05, 0) is 6.07 Å². The van der Waals surface area contributed by atoms with E-state index < -0.39 is 22.8 Å². The molecule has 22 heavy (non-hydrogen) atoms. The highest BCUT2D eigenvalue weighted by Crippen LogP contribution is 2.36. The molecule has 116 valence electrons. The first kappa shape index (κ1) is 14.9. The van der Waals surface area contributed by atoms with Crippen molar-refractivity contribution in [1.29, 1.82) is 0 Å². The van der Waals surface area contributed by atoms with Crippen molar-refractivity contribution in [3.8, 4) is 0 Å². The molecule has 1 amide bonds. The van der Waals surface area contributed by atoms with Gasteiger partial charge in [0.2, 0.25) is 11.4 Å². The Morgan fingerprint density at radius 3 is 3.00 bits per heavy atom. The standard InChI is InChI=1S/C13H10F2N2O4S/c1-20-5-7-3-17(13(19)22-7)12-8-2-6(4-18)9(14)10(15)11(8)21-16-12/h2,4,7H,3,5H2,1H3/t7-/m1/s1. The molecule has 2 aromatic rings. The summed E-state index contributed by atoms with van der Waals surface area (Å²) >= 11 is 1.07. The van der Waals surface area contributed by atoms with Gasteiger partial charge in [-0.25, -0.2) is 4.39 Å². The first-order chi connectivity index (χ1) is 10.6. The molecule has 6 nitrogen and oxygen atoms in total. The predicted molar refractivity (Wildman–Crippen MR) is 75.3 cm³/mol. The number of fused-ring (bicyclic) bond motifs is 1. The Kier molecular flexibility index (Phi) is 3.83. The number of aldehydes is 1. The molecule has 0 unspecified atom stereocenters. The van der Waals surface area contributed by atoms with Gasteiger partial charge in [0, 0.05) is 13.7 Å². The van der Waals surface area contributed by atoms with E-state index in [1.807, 2.05) is 0 Å². The summed E-state index contributed by atoms with van der Waals surface area (Å²) in [4.78, 5) is 24.1. The Morgan fingerprint density at radius 1 is 1.55 bits per heavy atom. The van der Waals surface area contributed by atoms with E-state index in [1.54, 1.807) is 0 Å². The number of hydrogen-bond donors (Lipinski definition) is 0. The van der Waals surface area contributed by atoms with Crippen molar-refractivity contribution in [3.63, 3.8) is 0 Å². The fourth-order valence-electron chi connectivity index (χ4n) is 2.27. The van der Waals surface area contributed by atoms with Crippen LogP contribution in [0.2, 0.25) is 0 Å². The summed E-state index contributed by atoms with van der Waals surface area (Å²) in [5.41, 5.74) is -0.881. The molecule has 2 heterocycles. The number of carbonyl (C=O) groups is 2. The number of hydrogen-bond acceptors (Lipinski definition) is 6. The van der Waals surface area contributed by atoms with Crippen molar-refractivity contribution in [2.45, 2.75) is 5.25 Å². The molecule has 0 N–H and O–H groups in total. The average molecular weight is 328 g/mol. The number of rotatable bonds is 4. The van der Waals surface area contributed by atoms with Crippen LogP contribution in [0.1, 0.15) is 10.4 Å². The highest BCUT2D eigenvalue weighted by Gasteiger charge is 2.35. The van der Waals surface area contributed by atoms with Gasteiger partial charge in [-0.3, -0.25) is 14.5 Å². The van der Waals surface area contributed by atoms with E-state index in [2.05, 4.69) is 5.16 Å².